The highest BCUT2D eigenvalue weighted by Crippen LogP contribution is 2.16. The molecule has 1 aliphatic heterocycles. The molecule has 0 unspecified atom stereocenters. The number of rotatable bonds is 5. The number of benzene rings is 1. The van der Waals surface area contributed by atoms with E-state index in [2.05, 4.69) is 4.72 Å². The molecule has 5 nitrogen and oxygen atoms in total. The molecule has 1 atom stereocenters. The van der Waals surface area contributed by atoms with Crippen LogP contribution in [-0.2, 0) is 14.8 Å². The van der Waals surface area contributed by atoms with Gasteiger partial charge in [0.1, 0.15) is 6.04 Å². The van der Waals surface area contributed by atoms with Crippen LogP contribution in [0.5, 0.6) is 0 Å². The number of carbonyl (C=O) groups is 1. The molecule has 1 aromatic carbocycles. The van der Waals surface area contributed by atoms with Crippen LogP contribution in [0.15, 0.2) is 35.2 Å². The largest absolute Gasteiger partial charge is 0.341 e. The third-order valence-electron chi connectivity index (χ3n) is 3.94. The molecule has 22 heavy (non-hydrogen) atoms. The summed E-state index contributed by atoms with van der Waals surface area (Å²) in [5, 5.41) is 0. The summed E-state index contributed by atoms with van der Waals surface area (Å²) in [7, 11) is -3.69. The Morgan fingerprint density at radius 1 is 1.09 bits per heavy atom. The van der Waals surface area contributed by atoms with Crippen LogP contribution in [0.2, 0.25) is 0 Å². The highest BCUT2D eigenvalue weighted by molar-refractivity contribution is 7.89. The van der Waals surface area contributed by atoms with Gasteiger partial charge in [-0.1, -0.05) is 32.0 Å². The van der Waals surface area contributed by atoms with Crippen molar-refractivity contribution >= 4 is 15.9 Å². The summed E-state index contributed by atoms with van der Waals surface area (Å²) in [4.78, 5) is 14.6. The van der Waals surface area contributed by atoms with Gasteiger partial charge in [-0.05, 0) is 37.3 Å². The lowest BCUT2D eigenvalue weighted by atomic mass is 10.0. The molecule has 122 valence electrons. The number of nitrogens with one attached hydrogen (secondary N) is 1. The Morgan fingerprint density at radius 3 is 2.23 bits per heavy atom. The number of nitrogens with zero attached hydrogens (tertiary/aromatic N) is 1. The highest BCUT2D eigenvalue weighted by atomic mass is 32.2. The van der Waals surface area contributed by atoms with Gasteiger partial charge in [-0.3, -0.25) is 4.79 Å². The van der Waals surface area contributed by atoms with Crippen LogP contribution < -0.4 is 4.72 Å². The molecule has 0 radical (unpaired) electrons. The Hall–Kier alpha value is -1.40. The van der Waals surface area contributed by atoms with Crippen molar-refractivity contribution in [3.8, 4) is 0 Å². The Kier molecular flexibility index (Phi) is 5.58. The average molecular weight is 324 g/mol. The monoisotopic (exact) mass is 324 g/mol. The molecule has 1 aromatic rings. The summed E-state index contributed by atoms with van der Waals surface area (Å²) in [6.45, 7) is 5.16. The molecule has 1 saturated heterocycles. The van der Waals surface area contributed by atoms with Gasteiger partial charge in [-0.2, -0.15) is 4.72 Å². The lowest BCUT2D eigenvalue weighted by molar-refractivity contribution is -0.134. The Bertz CT molecular complexity index is 593. The molecular formula is C16H24N2O3S. The second kappa shape index (κ2) is 7.24. The molecule has 1 fully saturated rings. The predicted molar refractivity (Wildman–Crippen MR) is 85.8 cm³/mol. The SMILES string of the molecule is CC(C)[C@@H](NS(=O)(=O)c1ccccc1)C(=O)N1CCCCC1. The number of hydrogen-bond donors (Lipinski definition) is 1. The number of likely N-dealkylation sites (tertiary alicyclic amines) is 1. The topological polar surface area (TPSA) is 66.5 Å². The third-order valence-corrected chi connectivity index (χ3v) is 5.39. The first-order valence-electron chi connectivity index (χ1n) is 7.78. The lowest BCUT2D eigenvalue weighted by Crippen LogP contribution is -2.52. The van der Waals surface area contributed by atoms with E-state index < -0.39 is 16.1 Å². The quantitative estimate of drug-likeness (QED) is 0.901. The van der Waals surface area contributed by atoms with Crippen molar-refractivity contribution in [3.63, 3.8) is 0 Å². The van der Waals surface area contributed by atoms with E-state index in [4.69, 9.17) is 0 Å². The fraction of sp³-hybridized carbons (Fsp3) is 0.562. The molecule has 2 rings (SSSR count). The minimum atomic E-state index is -3.69. The highest BCUT2D eigenvalue weighted by Gasteiger charge is 2.31. The smallest absolute Gasteiger partial charge is 0.241 e. The Morgan fingerprint density at radius 2 is 1.68 bits per heavy atom. The van der Waals surface area contributed by atoms with Crippen molar-refractivity contribution in [2.24, 2.45) is 5.92 Å². The van der Waals surface area contributed by atoms with Crippen LogP contribution >= 0.6 is 0 Å². The fourth-order valence-electron chi connectivity index (χ4n) is 2.62. The van der Waals surface area contributed by atoms with Crippen LogP contribution in [0.3, 0.4) is 0 Å². The molecule has 0 aliphatic carbocycles. The average Bonchev–Trinajstić information content (AvgIpc) is 2.53. The Balaban J connectivity index is 2.16. The summed E-state index contributed by atoms with van der Waals surface area (Å²) in [5.74, 6) is -0.220. The van der Waals surface area contributed by atoms with Crippen molar-refractivity contribution in [3.05, 3.63) is 30.3 Å². The van der Waals surface area contributed by atoms with Gasteiger partial charge < -0.3 is 4.90 Å². The minimum Gasteiger partial charge on any atom is -0.341 e. The zero-order chi connectivity index (χ0) is 16.2. The summed E-state index contributed by atoms with van der Waals surface area (Å²) >= 11 is 0. The molecule has 0 bridgehead atoms. The molecule has 1 N–H and O–H groups in total. The fourth-order valence-corrected chi connectivity index (χ4v) is 3.98. The van der Waals surface area contributed by atoms with Crippen LogP contribution in [0.4, 0.5) is 0 Å². The maximum atomic E-state index is 12.6. The summed E-state index contributed by atoms with van der Waals surface area (Å²) in [5.41, 5.74) is 0. The van der Waals surface area contributed by atoms with Crippen LogP contribution in [-0.4, -0.2) is 38.4 Å². The molecule has 0 aromatic heterocycles. The van der Waals surface area contributed by atoms with Crippen molar-refractivity contribution in [1.82, 2.24) is 9.62 Å². The van der Waals surface area contributed by atoms with Gasteiger partial charge in [-0.25, -0.2) is 8.42 Å². The van der Waals surface area contributed by atoms with Crippen LogP contribution in [0.1, 0.15) is 33.1 Å². The zero-order valence-corrected chi connectivity index (χ0v) is 14.0. The van der Waals surface area contributed by atoms with E-state index in [1.807, 2.05) is 13.8 Å². The predicted octanol–water partition coefficient (Wildman–Crippen LogP) is 2.00. The van der Waals surface area contributed by atoms with E-state index in [9.17, 15) is 13.2 Å². The number of sulfonamides is 1. The molecule has 0 saturated carbocycles. The standard InChI is InChI=1S/C16H24N2O3S/c1-13(2)15(16(19)18-11-7-4-8-12-18)17-22(20,21)14-9-5-3-6-10-14/h3,5-6,9-10,13,15,17H,4,7-8,11-12H2,1-2H3/t15-/m1/s1. The zero-order valence-electron chi connectivity index (χ0n) is 13.2. The number of carbonyl (C=O) groups excluding carboxylic acids is 1. The van der Waals surface area contributed by atoms with Gasteiger partial charge >= 0.3 is 0 Å². The summed E-state index contributed by atoms with van der Waals surface area (Å²) in [6, 6.07) is 7.45. The van der Waals surface area contributed by atoms with Crippen molar-refractivity contribution < 1.29 is 13.2 Å². The molecule has 0 spiro atoms. The molecule has 1 heterocycles. The summed E-state index contributed by atoms with van der Waals surface area (Å²) in [6.07, 6.45) is 3.11. The third kappa shape index (κ3) is 4.08. The lowest BCUT2D eigenvalue weighted by Gasteiger charge is -2.32. The summed E-state index contributed by atoms with van der Waals surface area (Å²) < 4.78 is 27.5. The number of amides is 1. The van der Waals surface area contributed by atoms with Gasteiger partial charge in [0.15, 0.2) is 0 Å². The molecular weight excluding hydrogens is 300 g/mol. The van der Waals surface area contributed by atoms with Crippen molar-refractivity contribution in [2.75, 3.05) is 13.1 Å². The second-order valence-electron chi connectivity index (χ2n) is 6.04. The van der Waals surface area contributed by atoms with E-state index >= 15 is 0 Å². The normalized spacial score (nSPS) is 17.5. The van der Waals surface area contributed by atoms with Gasteiger partial charge in [-0.15, -0.1) is 0 Å². The van der Waals surface area contributed by atoms with Gasteiger partial charge in [0.05, 0.1) is 4.90 Å². The maximum absolute atomic E-state index is 12.6. The van der Waals surface area contributed by atoms with E-state index in [-0.39, 0.29) is 16.7 Å². The van der Waals surface area contributed by atoms with Gasteiger partial charge in [0, 0.05) is 13.1 Å². The van der Waals surface area contributed by atoms with Gasteiger partial charge in [0.2, 0.25) is 15.9 Å². The van der Waals surface area contributed by atoms with E-state index in [0.29, 0.717) is 0 Å². The van der Waals surface area contributed by atoms with Crippen molar-refractivity contribution in [1.29, 1.82) is 0 Å². The molecule has 1 amide bonds. The number of hydrogen-bond acceptors (Lipinski definition) is 3. The number of piperidine rings is 1. The first-order chi connectivity index (χ1) is 10.4. The maximum Gasteiger partial charge on any atom is 0.241 e. The first-order valence-corrected chi connectivity index (χ1v) is 9.26. The van der Waals surface area contributed by atoms with E-state index in [1.165, 1.54) is 12.1 Å². The van der Waals surface area contributed by atoms with E-state index in [0.717, 1.165) is 32.4 Å². The van der Waals surface area contributed by atoms with Gasteiger partial charge in [0.25, 0.3) is 0 Å². The Labute approximate surface area is 132 Å². The van der Waals surface area contributed by atoms with Crippen LogP contribution in [0, 0.1) is 5.92 Å². The minimum absolute atomic E-state index is 0.104. The first kappa shape index (κ1) is 17.0. The molecule has 1 aliphatic rings. The molecule has 6 heteroatoms. The van der Waals surface area contributed by atoms with Crippen molar-refractivity contribution in [2.45, 2.75) is 44.0 Å². The van der Waals surface area contributed by atoms with E-state index in [1.54, 1.807) is 23.1 Å². The van der Waals surface area contributed by atoms with Crippen LogP contribution in [0.25, 0.3) is 0 Å². The second-order valence-corrected chi connectivity index (χ2v) is 7.76.